The molecule has 0 unspecified atom stereocenters. The lowest BCUT2D eigenvalue weighted by atomic mass is 10.2. The number of hydrogen-bond acceptors (Lipinski definition) is 4. The molecule has 0 N–H and O–H groups in total. The van der Waals surface area contributed by atoms with E-state index in [0.717, 1.165) is 0 Å². The molecule has 0 atom stereocenters. The van der Waals surface area contributed by atoms with Gasteiger partial charge in [0.1, 0.15) is 23.4 Å². The Kier molecular flexibility index (Phi) is 2.15. The van der Waals surface area contributed by atoms with E-state index in [1.165, 1.54) is 10.6 Å². The topological polar surface area (TPSA) is 82.5 Å². The zero-order valence-corrected chi connectivity index (χ0v) is 8.35. The largest absolute Gasteiger partial charge is 0.309 e. The van der Waals surface area contributed by atoms with Crippen LogP contribution in [0.3, 0.4) is 0 Å². The first-order valence-corrected chi connectivity index (χ1v) is 4.40. The monoisotopic (exact) mass is 209 g/mol. The summed E-state index contributed by atoms with van der Waals surface area (Å²) in [5.74, 6) is 0. The molecule has 0 spiro atoms. The van der Waals surface area contributed by atoms with Crippen LogP contribution in [0.4, 0.5) is 0 Å². The molecule has 2 rings (SSSR count). The third-order valence-electron chi connectivity index (χ3n) is 2.22. The summed E-state index contributed by atoms with van der Waals surface area (Å²) in [5.41, 5.74) is 0.603. The zero-order valence-electron chi connectivity index (χ0n) is 8.35. The molecule has 16 heavy (non-hydrogen) atoms. The lowest BCUT2D eigenvalue weighted by Crippen LogP contribution is -2.20. The van der Waals surface area contributed by atoms with Crippen molar-refractivity contribution in [3.05, 3.63) is 39.8 Å². The van der Waals surface area contributed by atoms with Gasteiger partial charge in [-0.25, -0.2) is 4.98 Å². The van der Waals surface area contributed by atoms with Crippen LogP contribution >= 0.6 is 0 Å². The summed E-state index contributed by atoms with van der Waals surface area (Å²) < 4.78 is 1.32. The number of nitrogens with zero attached hydrogens (tertiary/aromatic N) is 4. The van der Waals surface area contributed by atoms with Gasteiger partial charge in [0.2, 0.25) is 0 Å². The fourth-order valence-electron chi connectivity index (χ4n) is 1.40. The number of rotatable bonds is 0. The van der Waals surface area contributed by atoms with Gasteiger partial charge in [-0.3, -0.25) is 4.79 Å². The van der Waals surface area contributed by atoms with Crippen molar-refractivity contribution >= 4 is 11.0 Å². The van der Waals surface area contributed by atoms with Gasteiger partial charge in [-0.15, -0.1) is 0 Å². The lowest BCUT2D eigenvalue weighted by molar-refractivity contribution is 0.897. The molecule has 0 aliphatic carbocycles. The standard InChI is InChI=1S/C11H5N4O/c1-15-10-3-2-8(6-13)14-9(10)4-7(5-12)11(15)16/h2-3H,1H3. The van der Waals surface area contributed by atoms with Crippen molar-refractivity contribution in [2.75, 3.05) is 0 Å². The molecule has 2 aromatic rings. The highest BCUT2D eigenvalue weighted by Crippen LogP contribution is 2.10. The van der Waals surface area contributed by atoms with Crippen LogP contribution in [0.5, 0.6) is 0 Å². The highest BCUT2D eigenvalue weighted by molar-refractivity contribution is 5.75. The number of aromatic nitrogens is 2. The molecule has 0 saturated heterocycles. The van der Waals surface area contributed by atoms with Gasteiger partial charge in [-0.05, 0) is 12.1 Å². The molecule has 0 saturated carbocycles. The Morgan fingerprint density at radius 1 is 1.38 bits per heavy atom. The smallest absolute Gasteiger partial charge is 0.269 e. The van der Waals surface area contributed by atoms with E-state index in [4.69, 9.17) is 10.5 Å². The summed E-state index contributed by atoms with van der Waals surface area (Å²) in [5, 5.41) is 17.4. The Hall–Kier alpha value is -2.66. The number of nitriles is 2. The second-order valence-electron chi connectivity index (χ2n) is 3.15. The average molecular weight is 209 g/mol. The van der Waals surface area contributed by atoms with E-state index in [1.807, 2.05) is 6.07 Å². The molecule has 0 amide bonds. The maximum absolute atomic E-state index is 11.6. The van der Waals surface area contributed by atoms with Crippen molar-refractivity contribution in [1.82, 2.24) is 9.55 Å². The van der Waals surface area contributed by atoms with Crippen molar-refractivity contribution in [2.24, 2.45) is 7.05 Å². The first-order valence-electron chi connectivity index (χ1n) is 4.40. The maximum Gasteiger partial charge on any atom is 0.269 e. The molecule has 2 heterocycles. The highest BCUT2D eigenvalue weighted by Gasteiger charge is 2.08. The van der Waals surface area contributed by atoms with E-state index >= 15 is 0 Å². The van der Waals surface area contributed by atoms with Gasteiger partial charge >= 0.3 is 0 Å². The number of pyridine rings is 2. The molecule has 1 radical (unpaired) electrons. The Balaban J connectivity index is 2.96. The van der Waals surface area contributed by atoms with Gasteiger partial charge in [0.05, 0.1) is 11.0 Å². The third kappa shape index (κ3) is 1.32. The minimum absolute atomic E-state index is 0.0995. The molecular weight excluding hydrogens is 204 g/mol. The number of aryl methyl sites for hydroxylation is 1. The summed E-state index contributed by atoms with van der Waals surface area (Å²) in [6.07, 6.45) is 0. The summed E-state index contributed by atoms with van der Waals surface area (Å²) in [7, 11) is 1.55. The maximum atomic E-state index is 11.6. The van der Waals surface area contributed by atoms with Crippen LogP contribution in [0.25, 0.3) is 11.0 Å². The average Bonchev–Trinajstić information content (AvgIpc) is 2.33. The zero-order chi connectivity index (χ0) is 11.7. The van der Waals surface area contributed by atoms with E-state index in [9.17, 15) is 4.79 Å². The van der Waals surface area contributed by atoms with E-state index in [2.05, 4.69) is 11.1 Å². The predicted molar refractivity (Wildman–Crippen MR) is 55.3 cm³/mol. The van der Waals surface area contributed by atoms with Crippen LogP contribution in [0.2, 0.25) is 0 Å². The summed E-state index contributed by atoms with van der Waals surface area (Å²) in [6, 6.07) is 9.37. The van der Waals surface area contributed by atoms with Gasteiger partial charge < -0.3 is 4.57 Å². The Morgan fingerprint density at radius 3 is 2.75 bits per heavy atom. The molecule has 0 aliphatic rings. The molecule has 0 fully saturated rings. The summed E-state index contributed by atoms with van der Waals surface area (Å²) >= 11 is 0. The molecule has 75 valence electrons. The summed E-state index contributed by atoms with van der Waals surface area (Å²) in [6.45, 7) is 0. The first kappa shape index (κ1) is 9.88. The van der Waals surface area contributed by atoms with Gasteiger partial charge in [0.25, 0.3) is 5.56 Å². The van der Waals surface area contributed by atoms with Crippen molar-refractivity contribution in [2.45, 2.75) is 0 Å². The van der Waals surface area contributed by atoms with E-state index < -0.39 is 5.56 Å². The Bertz CT molecular complexity index is 716. The van der Waals surface area contributed by atoms with E-state index in [0.29, 0.717) is 11.0 Å². The van der Waals surface area contributed by atoms with Crippen LogP contribution in [0.1, 0.15) is 11.3 Å². The number of fused-ring (bicyclic) bond motifs is 1. The quantitative estimate of drug-likeness (QED) is 0.631. The molecule has 0 aromatic carbocycles. The second kappa shape index (κ2) is 3.48. The van der Waals surface area contributed by atoms with Crippen LogP contribution in [0.15, 0.2) is 16.9 Å². The SMILES string of the molecule is Cn1c(=O)c(C#N)[c]c2nc(C#N)ccc21. The molecule has 5 heteroatoms. The van der Waals surface area contributed by atoms with E-state index in [-0.39, 0.29) is 11.3 Å². The fourth-order valence-corrected chi connectivity index (χ4v) is 1.40. The van der Waals surface area contributed by atoms with Crippen molar-refractivity contribution in [1.29, 1.82) is 10.5 Å². The van der Waals surface area contributed by atoms with Gasteiger partial charge in [-0.1, -0.05) is 0 Å². The Labute approximate surface area is 90.8 Å². The molecule has 0 bridgehead atoms. The fraction of sp³-hybridized carbons (Fsp3) is 0.0909. The van der Waals surface area contributed by atoms with Crippen molar-refractivity contribution in [3.8, 4) is 12.1 Å². The van der Waals surface area contributed by atoms with Gasteiger partial charge in [0, 0.05) is 13.1 Å². The predicted octanol–water partition coefficient (Wildman–Crippen LogP) is 0.477. The van der Waals surface area contributed by atoms with Gasteiger partial charge in [0.15, 0.2) is 0 Å². The van der Waals surface area contributed by atoms with Gasteiger partial charge in [-0.2, -0.15) is 10.5 Å². The van der Waals surface area contributed by atoms with Crippen LogP contribution in [-0.2, 0) is 7.05 Å². The number of hydrogen-bond donors (Lipinski definition) is 0. The van der Waals surface area contributed by atoms with E-state index in [1.54, 1.807) is 19.2 Å². The normalized spacial score (nSPS) is 9.69. The van der Waals surface area contributed by atoms with Crippen molar-refractivity contribution in [3.63, 3.8) is 0 Å². The molecule has 5 nitrogen and oxygen atoms in total. The minimum Gasteiger partial charge on any atom is -0.309 e. The summed E-state index contributed by atoms with van der Waals surface area (Å²) in [4.78, 5) is 15.6. The van der Waals surface area contributed by atoms with Crippen molar-refractivity contribution < 1.29 is 0 Å². The molecule has 0 aliphatic heterocycles. The van der Waals surface area contributed by atoms with Crippen LogP contribution < -0.4 is 5.56 Å². The third-order valence-corrected chi connectivity index (χ3v) is 2.22. The molecule has 2 aromatic heterocycles. The first-order chi connectivity index (χ1) is 7.67. The Morgan fingerprint density at radius 2 is 2.12 bits per heavy atom. The van der Waals surface area contributed by atoms with Crippen LogP contribution in [-0.4, -0.2) is 9.55 Å². The minimum atomic E-state index is -0.415. The highest BCUT2D eigenvalue weighted by atomic mass is 16.1. The van der Waals surface area contributed by atoms with Crippen LogP contribution in [0, 0.1) is 28.7 Å². The molecular formula is C11H5N4O. The lowest BCUT2D eigenvalue weighted by Gasteiger charge is -2.03. The second-order valence-corrected chi connectivity index (χ2v) is 3.15.